The summed E-state index contributed by atoms with van der Waals surface area (Å²) in [5.74, 6) is 1.64. The summed E-state index contributed by atoms with van der Waals surface area (Å²) in [5.41, 5.74) is -0.760. The molecule has 112 valence electrons. The van der Waals surface area contributed by atoms with Gasteiger partial charge in [-0.1, -0.05) is 13.3 Å². The summed E-state index contributed by atoms with van der Waals surface area (Å²) in [7, 11) is 0. The molecular weight excluding hydrogens is 262 g/mol. The Kier molecular flexibility index (Phi) is 7.18. The molecule has 1 aliphatic rings. The number of hydrogen-bond acceptors (Lipinski definition) is 4. The normalized spacial score (nSPS) is 19.9. The number of thioether (sulfide) groups is 1. The molecule has 0 aromatic heterocycles. The summed E-state index contributed by atoms with van der Waals surface area (Å²) in [6.45, 7) is 4.08. The molecule has 3 N–H and O–H groups in total. The third-order valence-corrected chi connectivity index (χ3v) is 4.88. The van der Waals surface area contributed by atoms with Crippen molar-refractivity contribution in [1.29, 1.82) is 0 Å². The van der Waals surface area contributed by atoms with Crippen LogP contribution in [0.25, 0.3) is 0 Å². The van der Waals surface area contributed by atoms with Gasteiger partial charge in [-0.25, -0.2) is 0 Å². The number of nitrogens with one attached hydrogen (secondary N) is 1. The third kappa shape index (κ3) is 6.63. The maximum Gasteiger partial charge on any atom is 0.323 e. The van der Waals surface area contributed by atoms with Gasteiger partial charge >= 0.3 is 5.97 Å². The van der Waals surface area contributed by atoms with Gasteiger partial charge in [0, 0.05) is 12.6 Å². The Labute approximate surface area is 120 Å². The van der Waals surface area contributed by atoms with E-state index in [1.807, 2.05) is 18.7 Å². The van der Waals surface area contributed by atoms with Crippen LogP contribution in [0.1, 0.15) is 46.0 Å². The quantitative estimate of drug-likeness (QED) is 0.508. The zero-order valence-corrected chi connectivity index (χ0v) is 12.8. The highest BCUT2D eigenvalue weighted by atomic mass is 32.2. The van der Waals surface area contributed by atoms with Gasteiger partial charge in [-0.3, -0.25) is 10.1 Å². The highest BCUT2D eigenvalue weighted by Crippen LogP contribution is 2.25. The number of carbonyl (C=O) groups is 1. The molecule has 0 saturated heterocycles. The largest absolute Gasteiger partial charge is 0.480 e. The second kappa shape index (κ2) is 8.12. The molecule has 0 bridgehead atoms. The van der Waals surface area contributed by atoms with Crippen molar-refractivity contribution in [3.05, 3.63) is 0 Å². The first-order chi connectivity index (χ1) is 8.98. The van der Waals surface area contributed by atoms with Gasteiger partial charge in [-0.05, 0) is 50.0 Å². The summed E-state index contributed by atoms with van der Waals surface area (Å²) in [6, 6.07) is 0.417. The maximum absolute atomic E-state index is 11.3. The molecule has 0 spiro atoms. The first kappa shape index (κ1) is 16.8. The monoisotopic (exact) mass is 289 g/mol. The molecule has 0 amide bonds. The highest BCUT2D eigenvalue weighted by molar-refractivity contribution is 7.99. The van der Waals surface area contributed by atoms with E-state index in [2.05, 4.69) is 5.32 Å². The van der Waals surface area contributed by atoms with Crippen LogP contribution in [0.3, 0.4) is 0 Å². The lowest BCUT2D eigenvalue weighted by Crippen LogP contribution is -2.50. The molecule has 1 saturated carbocycles. The van der Waals surface area contributed by atoms with Crippen molar-refractivity contribution in [3.8, 4) is 0 Å². The number of aliphatic hydroxyl groups is 1. The van der Waals surface area contributed by atoms with Crippen molar-refractivity contribution < 1.29 is 15.0 Å². The fourth-order valence-electron chi connectivity index (χ4n) is 1.94. The molecule has 2 unspecified atom stereocenters. The van der Waals surface area contributed by atoms with Crippen molar-refractivity contribution >= 4 is 17.7 Å². The second-order valence-electron chi connectivity index (χ2n) is 5.88. The van der Waals surface area contributed by atoms with Crippen molar-refractivity contribution in [1.82, 2.24) is 5.32 Å². The molecular formula is C14H27NO3S. The Bertz CT molecular complexity index is 284. The fourth-order valence-corrected chi connectivity index (χ4v) is 3.02. The summed E-state index contributed by atoms with van der Waals surface area (Å²) >= 11 is 1.84. The SMILES string of the molecule is CC(CO)CSCCCCC(C)(NC1CC1)C(=O)O. The Hall–Kier alpha value is -0.260. The van der Waals surface area contributed by atoms with Gasteiger partial charge in [0.05, 0.1) is 0 Å². The van der Waals surface area contributed by atoms with Crippen LogP contribution in [0.4, 0.5) is 0 Å². The number of aliphatic carboxylic acids is 1. The number of unbranched alkanes of at least 4 members (excludes halogenated alkanes) is 1. The molecule has 4 nitrogen and oxygen atoms in total. The molecule has 1 rings (SSSR count). The van der Waals surface area contributed by atoms with Gasteiger partial charge in [0.15, 0.2) is 0 Å². The maximum atomic E-state index is 11.3. The Morgan fingerprint density at radius 2 is 2.16 bits per heavy atom. The molecule has 0 heterocycles. The molecule has 0 aromatic carbocycles. The second-order valence-corrected chi connectivity index (χ2v) is 7.03. The molecule has 1 aliphatic carbocycles. The molecule has 0 aliphatic heterocycles. The number of aliphatic hydroxyl groups excluding tert-OH is 1. The molecule has 5 heteroatoms. The summed E-state index contributed by atoms with van der Waals surface area (Å²) in [4.78, 5) is 11.3. The predicted molar refractivity (Wildman–Crippen MR) is 79.6 cm³/mol. The molecule has 19 heavy (non-hydrogen) atoms. The van der Waals surface area contributed by atoms with Crippen LogP contribution in [-0.4, -0.2) is 45.9 Å². The van der Waals surface area contributed by atoms with Crippen LogP contribution in [0.5, 0.6) is 0 Å². The first-order valence-corrected chi connectivity index (χ1v) is 8.33. The van der Waals surface area contributed by atoms with Crippen LogP contribution < -0.4 is 5.32 Å². The van der Waals surface area contributed by atoms with E-state index in [4.69, 9.17) is 5.11 Å². The summed E-state index contributed by atoms with van der Waals surface area (Å²) < 4.78 is 0. The average Bonchev–Trinajstić information content (AvgIpc) is 3.16. The van der Waals surface area contributed by atoms with E-state index >= 15 is 0 Å². The highest BCUT2D eigenvalue weighted by Gasteiger charge is 2.37. The van der Waals surface area contributed by atoms with Crippen LogP contribution in [0.15, 0.2) is 0 Å². The van der Waals surface area contributed by atoms with Crippen molar-refractivity contribution in [3.63, 3.8) is 0 Å². The lowest BCUT2D eigenvalue weighted by Gasteiger charge is -2.26. The molecule has 0 aromatic rings. The lowest BCUT2D eigenvalue weighted by atomic mass is 9.95. The fraction of sp³-hybridized carbons (Fsp3) is 0.929. The first-order valence-electron chi connectivity index (χ1n) is 7.17. The topological polar surface area (TPSA) is 69.6 Å². The smallest absolute Gasteiger partial charge is 0.323 e. The van der Waals surface area contributed by atoms with Gasteiger partial charge in [0.2, 0.25) is 0 Å². The number of rotatable bonds is 11. The van der Waals surface area contributed by atoms with E-state index < -0.39 is 11.5 Å². The minimum absolute atomic E-state index is 0.245. The summed E-state index contributed by atoms with van der Waals surface area (Å²) in [5, 5.41) is 21.5. The molecule has 2 atom stereocenters. The summed E-state index contributed by atoms with van der Waals surface area (Å²) in [6.07, 6.45) is 4.88. The molecule has 0 radical (unpaired) electrons. The van der Waals surface area contributed by atoms with Crippen LogP contribution in [0, 0.1) is 5.92 Å². The van der Waals surface area contributed by atoms with Gasteiger partial charge in [0.1, 0.15) is 5.54 Å². The van der Waals surface area contributed by atoms with Crippen LogP contribution in [0.2, 0.25) is 0 Å². The Balaban J connectivity index is 2.12. The Morgan fingerprint density at radius 1 is 1.47 bits per heavy atom. The van der Waals surface area contributed by atoms with E-state index in [1.165, 1.54) is 0 Å². The standard InChI is InChI=1S/C14H27NO3S/c1-11(9-16)10-19-8-4-3-7-14(2,13(17)18)15-12-5-6-12/h11-12,15-16H,3-10H2,1-2H3,(H,17,18). The lowest BCUT2D eigenvalue weighted by molar-refractivity contribution is -0.144. The van der Waals surface area contributed by atoms with Gasteiger partial charge in [-0.15, -0.1) is 0 Å². The predicted octanol–water partition coefficient (Wildman–Crippen LogP) is 2.11. The van der Waals surface area contributed by atoms with E-state index in [1.54, 1.807) is 6.92 Å². The zero-order valence-electron chi connectivity index (χ0n) is 12.0. The van der Waals surface area contributed by atoms with Gasteiger partial charge in [0.25, 0.3) is 0 Å². The van der Waals surface area contributed by atoms with Crippen molar-refractivity contribution in [2.45, 2.75) is 57.5 Å². The minimum atomic E-state index is -0.760. The number of carboxylic acid groups (broad SMARTS) is 1. The van der Waals surface area contributed by atoms with Gasteiger partial charge < -0.3 is 10.2 Å². The zero-order chi connectivity index (χ0) is 14.3. The van der Waals surface area contributed by atoms with E-state index in [9.17, 15) is 9.90 Å². The van der Waals surface area contributed by atoms with Crippen molar-refractivity contribution in [2.24, 2.45) is 5.92 Å². The average molecular weight is 289 g/mol. The number of carboxylic acids is 1. The minimum Gasteiger partial charge on any atom is -0.480 e. The number of hydrogen-bond donors (Lipinski definition) is 3. The molecule has 1 fully saturated rings. The Morgan fingerprint density at radius 3 is 2.68 bits per heavy atom. The van der Waals surface area contributed by atoms with Crippen LogP contribution in [-0.2, 0) is 4.79 Å². The van der Waals surface area contributed by atoms with E-state index in [0.717, 1.165) is 37.2 Å². The van der Waals surface area contributed by atoms with Crippen molar-refractivity contribution in [2.75, 3.05) is 18.1 Å². The van der Waals surface area contributed by atoms with E-state index in [0.29, 0.717) is 18.4 Å². The van der Waals surface area contributed by atoms with Gasteiger partial charge in [-0.2, -0.15) is 11.8 Å². The van der Waals surface area contributed by atoms with Crippen LogP contribution >= 0.6 is 11.8 Å². The van der Waals surface area contributed by atoms with E-state index in [-0.39, 0.29) is 6.61 Å². The third-order valence-electron chi connectivity index (χ3n) is 3.50.